The fourth-order valence-electron chi connectivity index (χ4n) is 2.39. The molecule has 1 saturated heterocycles. The maximum atomic E-state index is 5.60. The SMILES string of the molecule is CN1CCN(CCc2ccc(N=C(N)N=C(N)N)cc2)CC1. The lowest BCUT2D eigenvalue weighted by Gasteiger charge is -2.32. The number of piperazine rings is 1. The molecule has 120 valence electrons. The number of hydrogen-bond donors (Lipinski definition) is 3. The highest BCUT2D eigenvalue weighted by atomic mass is 15.2. The molecule has 7 heteroatoms. The third-order valence-electron chi connectivity index (χ3n) is 3.74. The second-order valence-corrected chi connectivity index (χ2v) is 5.57. The highest BCUT2D eigenvalue weighted by Crippen LogP contribution is 2.14. The number of likely N-dealkylation sites (N-methyl/N-ethyl adjacent to an activating group) is 1. The van der Waals surface area contributed by atoms with Crippen molar-refractivity contribution in [2.45, 2.75) is 6.42 Å². The number of hydrogen-bond acceptors (Lipinski definition) is 3. The van der Waals surface area contributed by atoms with E-state index in [9.17, 15) is 0 Å². The van der Waals surface area contributed by atoms with Gasteiger partial charge in [-0.25, -0.2) is 4.99 Å². The summed E-state index contributed by atoms with van der Waals surface area (Å²) in [4.78, 5) is 12.7. The Bertz CT molecular complexity index is 523. The summed E-state index contributed by atoms with van der Waals surface area (Å²) in [5.74, 6) is -0.0322. The molecule has 0 saturated carbocycles. The molecule has 0 atom stereocenters. The minimum atomic E-state index is -0.0925. The molecule has 0 unspecified atom stereocenters. The molecule has 0 aromatic heterocycles. The molecular weight excluding hydrogens is 278 g/mol. The molecule has 0 bridgehead atoms. The van der Waals surface area contributed by atoms with Crippen LogP contribution in [-0.4, -0.2) is 61.5 Å². The van der Waals surface area contributed by atoms with Crippen LogP contribution in [0.5, 0.6) is 0 Å². The molecule has 1 aromatic carbocycles. The van der Waals surface area contributed by atoms with Crippen molar-refractivity contribution in [1.29, 1.82) is 0 Å². The van der Waals surface area contributed by atoms with Crippen molar-refractivity contribution in [3.05, 3.63) is 29.8 Å². The number of nitrogens with zero attached hydrogens (tertiary/aromatic N) is 4. The summed E-state index contributed by atoms with van der Waals surface area (Å²) in [5, 5.41) is 0. The van der Waals surface area contributed by atoms with Gasteiger partial charge in [0.2, 0.25) is 5.96 Å². The van der Waals surface area contributed by atoms with E-state index in [-0.39, 0.29) is 11.9 Å². The van der Waals surface area contributed by atoms with Crippen LogP contribution < -0.4 is 17.2 Å². The van der Waals surface area contributed by atoms with E-state index in [1.807, 2.05) is 12.1 Å². The Balaban J connectivity index is 1.85. The molecule has 7 nitrogen and oxygen atoms in total. The van der Waals surface area contributed by atoms with Crippen LogP contribution in [-0.2, 0) is 6.42 Å². The predicted octanol–water partition coefficient (Wildman–Crippen LogP) is -0.304. The van der Waals surface area contributed by atoms with Gasteiger partial charge in [-0.2, -0.15) is 4.99 Å². The van der Waals surface area contributed by atoms with Gasteiger partial charge in [0.1, 0.15) is 0 Å². The second-order valence-electron chi connectivity index (χ2n) is 5.57. The molecule has 0 amide bonds. The van der Waals surface area contributed by atoms with Gasteiger partial charge in [0.25, 0.3) is 0 Å². The van der Waals surface area contributed by atoms with Gasteiger partial charge in [0, 0.05) is 32.7 Å². The number of guanidine groups is 2. The van der Waals surface area contributed by atoms with Gasteiger partial charge in [-0.1, -0.05) is 12.1 Å². The van der Waals surface area contributed by atoms with Gasteiger partial charge in [-0.15, -0.1) is 0 Å². The number of benzene rings is 1. The standard InChI is InChI=1S/C15H25N7/c1-21-8-10-22(11-9-21)7-6-12-2-4-13(5-3-12)19-15(18)20-14(16)17/h2-5H,6-11H2,1H3,(H6,16,17,18,19,20). The van der Waals surface area contributed by atoms with Crippen LogP contribution >= 0.6 is 0 Å². The van der Waals surface area contributed by atoms with Gasteiger partial charge >= 0.3 is 0 Å². The van der Waals surface area contributed by atoms with Gasteiger partial charge in [-0.3, -0.25) is 0 Å². The number of rotatable bonds is 4. The summed E-state index contributed by atoms with van der Waals surface area (Å²) in [6.07, 6.45) is 1.04. The van der Waals surface area contributed by atoms with Crippen LogP contribution in [0.3, 0.4) is 0 Å². The van der Waals surface area contributed by atoms with Crippen molar-refractivity contribution in [2.24, 2.45) is 27.2 Å². The maximum Gasteiger partial charge on any atom is 0.223 e. The lowest BCUT2D eigenvalue weighted by Crippen LogP contribution is -2.45. The minimum absolute atomic E-state index is 0.0604. The minimum Gasteiger partial charge on any atom is -0.370 e. The third-order valence-corrected chi connectivity index (χ3v) is 3.74. The van der Waals surface area contributed by atoms with Gasteiger partial charge in [0.15, 0.2) is 5.96 Å². The van der Waals surface area contributed by atoms with E-state index in [1.54, 1.807) is 0 Å². The topological polar surface area (TPSA) is 109 Å². The number of nitrogens with two attached hydrogens (primary N) is 3. The van der Waals surface area contributed by atoms with Crippen LogP contribution in [0.15, 0.2) is 34.3 Å². The Hall–Kier alpha value is -2.12. The zero-order valence-corrected chi connectivity index (χ0v) is 13.1. The molecule has 1 heterocycles. The molecule has 6 N–H and O–H groups in total. The first-order chi connectivity index (χ1) is 10.5. The van der Waals surface area contributed by atoms with Crippen molar-refractivity contribution in [3.63, 3.8) is 0 Å². The fourth-order valence-corrected chi connectivity index (χ4v) is 2.39. The molecule has 22 heavy (non-hydrogen) atoms. The first kappa shape index (κ1) is 16.3. The van der Waals surface area contributed by atoms with Crippen molar-refractivity contribution < 1.29 is 0 Å². The summed E-state index contributed by atoms with van der Waals surface area (Å²) in [7, 11) is 2.17. The third kappa shape index (κ3) is 5.34. The van der Waals surface area contributed by atoms with Crippen LogP contribution in [0, 0.1) is 0 Å². The summed E-state index contributed by atoms with van der Waals surface area (Å²) in [5.41, 5.74) is 18.1. The maximum absolute atomic E-state index is 5.60. The molecule has 0 spiro atoms. The molecule has 1 aromatic rings. The summed E-state index contributed by atoms with van der Waals surface area (Å²) >= 11 is 0. The zero-order chi connectivity index (χ0) is 15.9. The van der Waals surface area contributed by atoms with Crippen LogP contribution in [0.4, 0.5) is 5.69 Å². The fraction of sp³-hybridized carbons (Fsp3) is 0.467. The van der Waals surface area contributed by atoms with Crippen molar-refractivity contribution in [1.82, 2.24) is 9.80 Å². The zero-order valence-electron chi connectivity index (χ0n) is 13.1. The Morgan fingerprint density at radius 2 is 1.68 bits per heavy atom. The van der Waals surface area contributed by atoms with Crippen LogP contribution in [0.1, 0.15) is 5.56 Å². The number of aliphatic imine (C=N–C) groups is 2. The molecule has 0 aliphatic carbocycles. The quantitative estimate of drug-likeness (QED) is 0.522. The Morgan fingerprint density at radius 1 is 1.05 bits per heavy atom. The van der Waals surface area contributed by atoms with E-state index < -0.39 is 0 Å². The molecule has 1 fully saturated rings. The largest absolute Gasteiger partial charge is 0.370 e. The van der Waals surface area contributed by atoms with E-state index in [4.69, 9.17) is 17.2 Å². The predicted molar refractivity (Wildman–Crippen MR) is 91.2 cm³/mol. The summed E-state index contributed by atoms with van der Waals surface area (Å²) < 4.78 is 0. The Labute approximate surface area is 131 Å². The van der Waals surface area contributed by atoms with Crippen molar-refractivity contribution in [3.8, 4) is 0 Å². The first-order valence-corrected chi connectivity index (χ1v) is 7.46. The van der Waals surface area contributed by atoms with E-state index in [0.29, 0.717) is 0 Å². The summed E-state index contributed by atoms with van der Waals surface area (Å²) in [6, 6.07) is 7.98. The van der Waals surface area contributed by atoms with Crippen molar-refractivity contribution >= 4 is 17.6 Å². The van der Waals surface area contributed by atoms with E-state index in [1.165, 1.54) is 5.56 Å². The normalized spacial score (nSPS) is 17.4. The van der Waals surface area contributed by atoms with Gasteiger partial charge < -0.3 is 27.0 Å². The van der Waals surface area contributed by atoms with E-state index in [0.717, 1.165) is 44.8 Å². The summed E-state index contributed by atoms with van der Waals surface area (Å²) in [6.45, 7) is 5.68. The monoisotopic (exact) mass is 303 g/mol. The van der Waals surface area contributed by atoms with Crippen molar-refractivity contribution in [2.75, 3.05) is 39.8 Å². The Kier molecular flexibility index (Phi) is 5.74. The average Bonchev–Trinajstić information content (AvgIpc) is 2.47. The van der Waals surface area contributed by atoms with E-state index >= 15 is 0 Å². The Morgan fingerprint density at radius 3 is 2.27 bits per heavy atom. The first-order valence-electron chi connectivity index (χ1n) is 7.46. The molecule has 1 aliphatic heterocycles. The highest BCUT2D eigenvalue weighted by Gasteiger charge is 2.12. The van der Waals surface area contributed by atoms with Gasteiger partial charge in [0.05, 0.1) is 5.69 Å². The smallest absolute Gasteiger partial charge is 0.223 e. The van der Waals surface area contributed by atoms with Gasteiger partial charge in [-0.05, 0) is 31.2 Å². The molecule has 0 radical (unpaired) electrons. The molecule has 1 aliphatic rings. The van der Waals surface area contributed by atoms with Crippen LogP contribution in [0.25, 0.3) is 0 Å². The highest BCUT2D eigenvalue weighted by molar-refractivity contribution is 5.93. The molecule has 2 rings (SSSR count). The lowest BCUT2D eigenvalue weighted by molar-refractivity contribution is 0.155. The molecular formula is C15H25N7. The average molecular weight is 303 g/mol. The second kappa shape index (κ2) is 7.77. The van der Waals surface area contributed by atoms with E-state index in [2.05, 4.69) is 39.0 Å². The lowest BCUT2D eigenvalue weighted by atomic mass is 10.1. The van der Waals surface area contributed by atoms with Crippen LogP contribution in [0.2, 0.25) is 0 Å².